The van der Waals surface area contributed by atoms with Gasteiger partial charge in [-0.2, -0.15) is 5.26 Å². The number of hydrogen-bond acceptors (Lipinski definition) is 3. The molecule has 3 fully saturated rings. The van der Waals surface area contributed by atoms with Crippen molar-refractivity contribution in [1.82, 2.24) is 10.2 Å². The summed E-state index contributed by atoms with van der Waals surface area (Å²) in [6, 6.07) is 0.447. The summed E-state index contributed by atoms with van der Waals surface area (Å²) in [6.45, 7) is 3.57. The third-order valence-corrected chi connectivity index (χ3v) is 2.91. The molecule has 0 aromatic rings. The quantitative estimate of drug-likeness (QED) is 0.428. The molecular weight excluding hydrogens is 138 g/mol. The lowest BCUT2D eigenvalue weighted by atomic mass is 9.84. The molecule has 3 nitrogen and oxygen atoms in total. The molecule has 1 unspecified atom stereocenters. The first-order chi connectivity index (χ1) is 5.40. The molecule has 0 saturated carbocycles. The van der Waals surface area contributed by atoms with E-state index in [9.17, 15) is 0 Å². The van der Waals surface area contributed by atoms with Gasteiger partial charge in [-0.15, -0.1) is 0 Å². The molecule has 60 valence electrons. The van der Waals surface area contributed by atoms with Crippen molar-refractivity contribution in [3.05, 3.63) is 0 Å². The Morgan fingerprint density at radius 3 is 2.55 bits per heavy atom. The normalized spacial score (nSPS) is 41.5. The zero-order chi connectivity index (χ0) is 7.68. The van der Waals surface area contributed by atoms with Crippen LogP contribution in [0.1, 0.15) is 12.8 Å². The van der Waals surface area contributed by atoms with Crippen molar-refractivity contribution in [2.45, 2.75) is 18.9 Å². The first kappa shape index (κ1) is 6.93. The minimum Gasteiger partial charge on any atom is -0.319 e. The van der Waals surface area contributed by atoms with Gasteiger partial charge in [0.1, 0.15) is 0 Å². The van der Waals surface area contributed by atoms with Crippen LogP contribution in [0.3, 0.4) is 0 Å². The van der Waals surface area contributed by atoms with Gasteiger partial charge in [0.15, 0.2) is 6.19 Å². The van der Waals surface area contributed by atoms with Crippen molar-refractivity contribution in [2.75, 3.05) is 19.6 Å². The molecule has 1 atom stereocenters. The Kier molecular flexibility index (Phi) is 1.71. The molecule has 0 aromatic carbocycles. The first-order valence-electron chi connectivity index (χ1n) is 4.27. The Hall–Kier alpha value is -0.750. The highest BCUT2D eigenvalue weighted by Gasteiger charge is 2.33. The molecule has 0 radical (unpaired) electrons. The number of piperidine rings is 3. The molecule has 3 rings (SSSR count). The predicted octanol–water partition coefficient (Wildman–Crippen LogP) is 0.151. The molecular formula is C8H13N3. The number of fused-ring (bicyclic) bond motifs is 3. The molecule has 1 N–H and O–H groups in total. The van der Waals surface area contributed by atoms with Crippen LogP contribution in [-0.2, 0) is 0 Å². The summed E-state index contributed by atoms with van der Waals surface area (Å²) in [5, 5.41) is 11.3. The number of nitrogens with zero attached hydrogens (tertiary/aromatic N) is 2. The molecule has 0 spiro atoms. The van der Waals surface area contributed by atoms with Crippen LogP contribution in [0, 0.1) is 17.4 Å². The van der Waals surface area contributed by atoms with Gasteiger partial charge < -0.3 is 10.2 Å². The van der Waals surface area contributed by atoms with Crippen molar-refractivity contribution in [1.29, 1.82) is 5.26 Å². The maximum absolute atomic E-state index is 8.47. The molecule has 0 aliphatic carbocycles. The standard InChI is InChI=1S/C8H13N3/c9-6-10-8-5-11-3-1-7(8)2-4-11/h7-8,10H,1-5H2. The summed E-state index contributed by atoms with van der Waals surface area (Å²) in [5.74, 6) is 0.764. The van der Waals surface area contributed by atoms with Crippen molar-refractivity contribution in [2.24, 2.45) is 5.92 Å². The zero-order valence-corrected chi connectivity index (χ0v) is 6.58. The van der Waals surface area contributed by atoms with E-state index in [0.29, 0.717) is 6.04 Å². The highest BCUT2D eigenvalue weighted by molar-refractivity contribution is 4.93. The van der Waals surface area contributed by atoms with Crippen LogP contribution in [0.2, 0.25) is 0 Å². The van der Waals surface area contributed by atoms with E-state index in [1.165, 1.54) is 25.9 Å². The van der Waals surface area contributed by atoms with Crippen LogP contribution in [0.5, 0.6) is 0 Å². The lowest BCUT2D eigenvalue weighted by molar-refractivity contribution is 0.0798. The summed E-state index contributed by atoms with van der Waals surface area (Å²) >= 11 is 0. The largest absolute Gasteiger partial charge is 0.319 e. The summed E-state index contributed by atoms with van der Waals surface area (Å²) in [7, 11) is 0. The fourth-order valence-corrected chi connectivity index (χ4v) is 2.21. The van der Waals surface area contributed by atoms with Gasteiger partial charge in [-0.25, -0.2) is 0 Å². The zero-order valence-electron chi connectivity index (χ0n) is 6.58. The molecule has 3 aliphatic heterocycles. The van der Waals surface area contributed by atoms with Crippen LogP contribution in [0.4, 0.5) is 0 Å². The number of nitriles is 1. The predicted molar refractivity (Wildman–Crippen MR) is 41.7 cm³/mol. The van der Waals surface area contributed by atoms with E-state index in [1.54, 1.807) is 0 Å². The van der Waals surface area contributed by atoms with Gasteiger partial charge in [-0.1, -0.05) is 0 Å². The summed E-state index contributed by atoms with van der Waals surface area (Å²) in [6.07, 6.45) is 4.60. The van der Waals surface area contributed by atoms with Gasteiger partial charge in [0.05, 0.1) is 6.04 Å². The van der Waals surface area contributed by atoms with Gasteiger partial charge in [-0.05, 0) is 31.8 Å². The fourth-order valence-electron chi connectivity index (χ4n) is 2.21. The molecule has 0 aromatic heterocycles. The van der Waals surface area contributed by atoms with E-state index < -0.39 is 0 Å². The van der Waals surface area contributed by atoms with Crippen LogP contribution >= 0.6 is 0 Å². The van der Waals surface area contributed by atoms with E-state index in [1.807, 2.05) is 6.19 Å². The minimum atomic E-state index is 0.447. The number of nitrogens with one attached hydrogen (secondary N) is 1. The van der Waals surface area contributed by atoms with Crippen molar-refractivity contribution in [3.8, 4) is 6.19 Å². The highest BCUT2D eigenvalue weighted by atomic mass is 15.2. The summed E-state index contributed by atoms with van der Waals surface area (Å²) in [5.41, 5.74) is 0. The van der Waals surface area contributed by atoms with Gasteiger partial charge in [0.2, 0.25) is 0 Å². The summed E-state index contributed by atoms with van der Waals surface area (Å²) in [4.78, 5) is 2.44. The van der Waals surface area contributed by atoms with Gasteiger partial charge in [0, 0.05) is 6.54 Å². The molecule has 3 saturated heterocycles. The molecule has 0 amide bonds. The van der Waals surface area contributed by atoms with Gasteiger partial charge in [0.25, 0.3) is 0 Å². The summed E-state index contributed by atoms with van der Waals surface area (Å²) < 4.78 is 0. The number of rotatable bonds is 1. The SMILES string of the molecule is N#CNC1CN2CCC1CC2. The van der Waals surface area contributed by atoms with Crippen LogP contribution in [0.15, 0.2) is 0 Å². The lowest BCUT2D eigenvalue weighted by Gasteiger charge is -2.44. The lowest BCUT2D eigenvalue weighted by Crippen LogP contribution is -2.54. The van der Waals surface area contributed by atoms with E-state index in [4.69, 9.17) is 5.26 Å². The molecule has 3 heterocycles. The molecule has 11 heavy (non-hydrogen) atoms. The average Bonchev–Trinajstić information content (AvgIpc) is 2.07. The topological polar surface area (TPSA) is 39.1 Å². The first-order valence-corrected chi connectivity index (χ1v) is 4.27. The Morgan fingerprint density at radius 2 is 2.09 bits per heavy atom. The van der Waals surface area contributed by atoms with Crippen LogP contribution < -0.4 is 5.32 Å². The van der Waals surface area contributed by atoms with E-state index in [0.717, 1.165) is 12.5 Å². The third kappa shape index (κ3) is 1.19. The Bertz CT molecular complexity index is 176. The van der Waals surface area contributed by atoms with Crippen molar-refractivity contribution >= 4 is 0 Å². The molecule has 3 aliphatic rings. The average molecular weight is 151 g/mol. The fraction of sp³-hybridized carbons (Fsp3) is 0.875. The van der Waals surface area contributed by atoms with E-state index in [-0.39, 0.29) is 0 Å². The van der Waals surface area contributed by atoms with Gasteiger partial charge in [-0.3, -0.25) is 0 Å². The molecule has 3 heteroatoms. The second-order valence-electron chi connectivity index (χ2n) is 3.50. The van der Waals surface area contributed by atoms with Crippen molar-refractivity contribution < 1.29 is 0 Å². The number of hydrogen-bond donors (Lipinski definition) is 1. The van der Waals surface area contributed by atoms with Crippen molar-refractivity contribution in [3.63, 3.8) is 0 Å². The Balaban J connectivity index is 1.98. The highest BCUT2D eigenvalue weighted by Crippen LogP contribution is 2.26. The second-order valence-corrected chi connectivity index (χ2v) is 3.50. The smallest absolute Gasteiger partial charge is 0.176 e. The Morgan fingerprint density at radius 1 is 1.36 bits per heavy atom. The molecule has 2 bridgehead atoms. The minimum absolute atomic E-state index is 0.447. The van der Waals surface area contributed by atoms with Crippen LogP contribution in [0.25, 0.3) is 0 Å². The van der Waals surface area contributed by atoms with E-state index >= 15 is 0 Å². The maximum atomic E-state index is 8.47. The van der Waals surface area contributed by atoms with Crippen LogP contribution in [-0.4, -0.2) is 30.6 Å². The third-order valence-electron chi connectivity index (χ3n) is 2.91. The second kappa shape index (κ2) is 2.71. The maximum Gasteiger partial charge on any atom is 0.176 e. The van der Waals surface area contributed by atoms with Gasteiger partial charge >= 0.3 is 0 Å². The monoisotopic (exact) mass is 151 g/mol. The van der Waals surface area contributed by atoms with E-state index in [2.05, 4.69) is 10.2 Å². The Labute approximate surface area is 67.0 Å².